The normalized spacial score (nSPS) is 12.8. The predicted octanol–water partition coefficient (Wildman–Crippen LogP) is 3.73. The number of hydrogen-bond acceptors (Lipinski definition) is 4. The standard InChI is InChI=1S/C16H23N3S/c1-5-12-6-8-13(9-7-12)10-14(17-4)16-15(11(2)3)18-19-20-16/h6-9,11,14,17H,5,10H2,1-4H3. The summed E-state index contributed by atoms with van der Waals surface area (Å²) in [6, 6.07) is 9.19. The maximum absolute atomic E-state index is 4.28. The summed E-state index contributed by atoms with van der Waals surface area (Å²) >= 11 is 1.51. The van der Waals surface area contributed by atoms with Crippen LogP contribution in [-0.2, 0) is 12.8 Å². The van der Waals surface area contributed by atoms with E-state index in [1.807, 2.05) is 7.05 Å². The van der Waals surface area contributed by atoms with E-state index in [0.717, 1.165) is 18.5 Å². The van der Waals surface area contributed by atoms with Crippen LogP contribution in [0.3, 0.4) is 0 Å². The van der Waals surface area contributed by atoms with Gasteiger partial charge in [-0.05, 0) is 48.5 Å². The van der Waals surface area contributed by atoms with E-state index in [4.69, 9.17) is 0 Å². The molecule has 3 nitrogen and oxygen atoms in total. The summed E-state index contributed by atoms with van der Waals surface area (Å²) in [6.45, 7) is 6.52. The van der Waals surface area contributed by atoms with Crippen molar-refractivity contribution in [3.63, 3.8) is 0 Å². The average Bonchev–Trinajstić information content (AvgIpc) is 2.95. The second-order valence-electron chi connectivity index (χ2n) is 5.39. The van der Waals surface area contributed by atoms with Crippen LogP contribution in [0, 0.1) is 0 Å². The largest absolute Gasteiger partial charge is 0.312 e. The summed E-state index contributed by atoms with van der Waals surface area (Å²) in [6.07, 6.45) is 2.07. The van der Waals surface area contributed by atoms with Crippen LogP contribution >= 0.6 is 11.5 Å². The zero-order valence-corrected chi connectivity index (χ0v) is 13.5. The Bertz CT molecular complexity index is 531. The summed E-state index contributed by atoms with van der Waals surface area (Å²) < 4.78 is 4.13. The molecule has 0 saturated carbocycles. The highest BCUT2D eigenvalue weighted by Gasteiger charge is 2.20. The number of nitrogens with one attached hydrogen (secondary N) is 1. The zero-order valence-electron chi connectivity index (χ0n) is 12.7. The second kappa shape index (κ2) is 6.95. The molecule has 1 heterocycles. The fraction of sp³-hybridized carbons (Fsp3) is 0.500. The van der Waals surface area contributed by atoms with Crippen molar-refractivity contribution in [2.75, 3.05) is 7.05 Å². The van der Waals surface area contributed by atoms with Gasteiger partial charge in [-0.1, -0.05) is 49.5 Å². The first-order valence-electron chi connectivity index (χ1n) is 7.22. The first kappa shape index (κ1) is 15.1. The van der Waals surface area contributed by atoms with E-state index in [1.54, 1.807) is 0 Å². The Balaban J connectivity index is 2.17. The van der Waals surface area contributed by atoms with Crippen molar-refractivity contribution in [2.24, 2.45) is 0 Å². The minimum atomic E-state index is 0.292. The number of aromatic nitrogens is 2. The van der Waals surface area contributed by atoms with E-state index >= 15 is 0 Å². The van der Waals surface area contributed by atoms with E-state index in [-0.39, 0.29) is 0 Å². The van der Waals surface area contributed by atoms with Gasteiger partial charge < -0.3 is 5.32 Å². The maximum Gasteiger partial charge on any atom is 0.0829 e. The molecule has 0 aliphatic carbocycles. The van der Waals surface area contributed by atoms with Crippen molar-refractivity contribution in [3.05, 3.63) is 46.0 Å². The Labute approximate surface area is 125 Å². The Morgan fingerprint density at radius 3 is 2.35 bits per heavy atom. The molecule has 20 heavy (non-hydrogen) atoms. The van der Waals surface area contributed by atoms with Gasteiger partial charge >= 0.3 is 0 Å². The molecule has 4 heteroatoms. The fourth-order valence-electron chi connectivity index (χ4n) is 2.32. The molecular weight excluding hydrogens is 266 g/mol. The van der Waals surface area contributed by atoms with Gasteiger partial charge in [0.15, 0.2) is 0 Å². The Morgan fingerprint density at radius 1 is 1.15 bits per heavy atom. The van der Waals surface area contributed by atoms with Crippen molar-refractivity contribution in [1.82, 2.24) is 14.9 Å². The van der Waals surface area contributed by atoms with Gasteiger partial charge in [-0.2, -0.15) is 0 Å². The van der Waals surface area contributed by atoms with Crippen LogP contribution in [0.1, 0.15) is 54.4 Å². The van der Waals surface area contributed by atoms with Crippen LogP contribution in [0.15, 0.2) is 24.3 Å². The third-order valence-corrected chi connectivity index (χ3v) is 4.48. The lowest BCUT2D eigenvalue weighted by molar-refractivity contribution is 0.589. The van der Waals surface area contributed by atoms with Crippen molar-refractivity contribution in [2.45, 2.75) is 45.6 Å². The topological polar surface area (TPSA) is 37.8 Å². The molecular formula is C16H23N3S. The molecule has 0 saturated heterocycles. The first-order valence-corrected chi connectivity index (χ1v) is 8.00. The number of likely N-dealkylation sites (N-methyl/N-ethyl adjacent to an activating group) is 1. The molecule has 0 amide bonds. The molecule has 1 N–H and O–H groups in total. The van der Waals surface area contributed by atoms with Crippen molar-refractivity contribution in [3.8, 4) is 0 Å². The van der Waals surface area contributed by atoms with E-state index in [2.05, 4.69) is 59.9 Å². The molecule has 1 atom stereocenters. The van der Waals surface area contributed by atoms with Gasteiger partial charge in [0, 0.05) is 6.04 Å². The lowest BCUT2D eigenvalue weighted by Crippen LogP contribution is -2.19. The van der Waals surface area contributed by atoms with Gasteiger partial charge in [0.1, 0.15) is 0 Å². The summed E-state index contributed by atoms with van der Waals surface area (Å²) in [7, 11) is 2.01. The van der Waals surface area contributed by atoms with E-state index in [0.29, 0.717) is 12.0 Å². The average molecular weight is 289 g/mol. The van der Waals surface area contributed by atoms with Gasteiger partial charge in [0.2, 0.25) is 0 Å². The van der Waals surface area contributed by atoms with Crippen LogP contribution in [0.25, 0.3) is 0 Å². The van der Waals surface area contributed by atoms with Crippen LogP contribution in [-0.4, -0.2) is 16.6 Å². The summed E-state index contributed by atoms with van der Waals surface area (Å²) in [5, 5.41) is 7.69. The van der Waals surface area contributed by atoms with Crippen LogP contribution in [0.4, 0.5) is 0 Å². The Hall–Kier alpha value is -1.26. The van der Waals surface area contributed by atoms with Crippen LogP contribution in [0.5, 0.6) is 0 Å². The van der Waals surface area contributed by atoms with E-state index < -0.39 is 0 Å². The third kappa shape index (κ3) is 3.44. The van der Waals surface area contributed by atoms with Crippen molar-refractivity contribution < 1.29 is 0 Å². The minimum absolute atomic E-state index is 0.292. The number of rotatable bonds is 6. The highest BCUT2D eigenvalue weighted by atomic mass is 32.1. The molecule has 108 valence electrons. The zero-order chi connectivity index (χ0) is 14.5. The Morgan fingerprint density at radius 2 is 1.80 bits per heavy atom. The molecule has 0 bridgehead atoms. The molecule has 1 aromatic heterocycles. The number of benzene rings is 1. The predicted molar refractivity (Wildman–Crippen MR) is 85.3 cm³/mol. The van der Waals surface area contributed by atoms with E-state index in [1.165, 1.54) is 27.5 Å². The molecule has 0 radical (unpaired) electrons. The van der Waals surface area contributed by atoms with Crippen LogP contribution < -0.4 is 5.32 Å². The summed E-state index contributed by atoms with van der Waals surface area (Å²) in [4.78, 5) is 1.27. The Kier molecular flexibility index (Phi) is 5.26. The number of nitrogens with zero attached hydrogens (tertiary/aromatic N) is 2. The van der Waals surface area contributed by atoms with Gasteiger partial charge in [-0.15, -0.1) is 5.10 Å². The van der Waals surface area contributed by atoms with Crippen molar-refractivity contribution >= 4 is 11.5 Å². The quantitative estimate of drug-likeness (QED) is 0.880. The van der Waals surface area contributed by atoms with Gasteiger partial charge in [0.25, 0.3) is 0 Å². The molecule has 0 fully saturated rings. The molecule has 2 aromatic rings. The van der Waals surface area contributed by atoms with Gasteiger partial charge in [0.05, 0.1) is 10.6 Å². The smallest absolute Gasteiger partial charge is 0.0829 e. The lowest BCUT2D eigenvalue weighted by Gasteiger charge is -2.16. The second-order valence-corrected chi connectivity index (χ2v) is 6.18. The van der Waals surface area contributed by atoms with Crippen molar-refractivity contribution in [1.29, 1.82) is 0 Å². The SMILES string of the molecule is CCc1ccc(CC(NC)c2snnc2C(C)C)cc1. The highest BCUT2D eigenvalue weighted by Crippen LogP contribution is 2.28. The van der Waals surface area contributed by atoms with Gasteiger partial charge in [-0.3, -0.25) is 0 Å². The maximum atomic E-state index is 4.28. The molecule has 1 aromatic carbocycles. The highest BCUT2D eigenvalue weighted by molar-refractivity contribution is 7.05. The lowest BCUT2D eigenvalue weighted by atomic mass is 9.99. The minimum Gasteiger partial charge on any atom is -0.312 e. The summed E-state index contributed by atoms with van der Waals surface area (Å²) in [5.41, 5.74) is 3.86. The van der Waals surface area contributed by atoms with Gasteiger partial charge in [-0.25, -0.2) is 0 Å². The molecule has 0 aliphatic rings. The fourth-order valence-corrected chi connectivity index (χ4v) is 3.23. The molecule has 2 rings (SSSR count). The first-order chi connectivity index (χ1) is 9.65. The third-order valence-electron chi connectivity index (χ3n) is 3.62. The number of aryl methyl sites for hydroxylation is 1. The van der Waals surface area contributed by atoms with Crippen LogP contribution in [0.2, 0.25) is 0 Å². The molecule has 0 aliphatic heterocycles. The molecule has 0 spiro atoms. The number of hydrogen-bond donors (Lipinski definition) is 1. The van der Waals surface area contributed by atoms with E-state index in [9.17, 15) is 0 Å². The monoisotopic (exact) mass is 289 g/mol. The molecule has 1 unspecified atom stereocenters. The summed E-state index contributed by atoms with van der Waals surface area (Å²) in [5.74, 6) is 0.419.